The van der Waals surface area contributed by atoms with Gasteiger partial charge in [0, 0.05) is 18.2 Å². The van der Waals surface area contributed by atoms with E-state index in [0.29, 0.717) is 17.9 Å². The van der Waals surface area contributed by atoms with Gasteiger partial charge in [-0.05, 0) is 44.2 Å². The number of carbonyl (C=O) groups is 1. The van der Waals surface area contributed by atoms with E-state index in [1.807, 2.05) is 25.1 Å². The van der Waals surface area contributed by atoms with Crippen molar-refractivity contribution in [2.75, 3.05) is 0 Å². The maximum Gasteiger partial charge on any atom is 0.239 e. The van der Waals surface area contributed by atoms with Gasteiger partial charge in [-0.3, -0.25) is 15.2 Å². The first kappa shape index (κ1) is 14.5. The van der Waals surface area contributed by atoms with Gasteiger partial charge in [-0.15, -0.1) is 0 Å². The number of carbonyl (C=O) groups excluding carboxylic acids is 1. The largest absolute Gasteiger partial charge is 0.347 e. The Bertz CT molecular complexity index is 492. The summed E-state index contributed by atoms with van der Waals surface area (Å²) in [6.45, 7) is 4.25. The van der Waals surface area contributed by atoms with Gasteiger partial charge < -0.3 is 5.32 Å². The Labute approximate surface area is 125 Å². The van der Waals surface area contributed by atoms with Crippen molar-refractivity contribution in [3.05, 3.63) is 30.1 Å². The molecule has 1 aromatic heterocycles. The molecule has 2 fully saturated rings. The third-order valence-corrected chi connectivity index (χ3v) is 4.79. The molecule has 1 aliphatic carbocycles. The Morgan fingerprint density at radius 2 is 2.24 bits per heavy atom. The van der Waals surface area contributed by atoms with Crippen molar-refractivity contribution in [1.29, 1.82) is 0 Å². The van der Waals surface area contributed by atoms with E-state index in [4.69, 9.17) is 0 Å². The predicted octanol–water partition coefficient (Wildman–Crippen LogP) is 1.54. The van der Waals surface area contributed by atoms with Crippen molar-refractivity contribution in [2.45, 2.75) is 51.2 Å². The van der Waals surface area contributed by atoms with Gasteiger partial charge in [0.15, 0.2) is 0 Å². The normalized spacial score (nSPS) is 33.2. The second-order valence-electron chi connectivity index (χ2n) is 6.44. The summed E-state index contributed by atoms with van der Waals surface area (Å²) in [7, 11) is 0. The van der Waals surface area contributed by atoms with Crippen LogP contribution in [0.15, 0.2) is 24.4 Å². The van der Waals surface area contributed by atoms with Crippen molar-refractivity contribution in [1.82, 2.24) is 21.2 Å². The fourth-order valence-corrected chi connectivity index (χ4v) is 3.55. The molecule has 0 bridgehead atoms. The highest BCUT2D eigenvalue weighted by Crippen LogP contribution is 2.33. The lowest BCUT2D eigenvalue weighted by molar-refractivity contribution is -0.124. The van der Waals surface area contributed by atoms with Crippen molar-refractivity contribution in [3.8, 4) is 0 Å². The molecule has 3 rings (SSSR count). The van der Waals surface area contributed by atoms with Crippen LogP contribution < -0.4 is 16.2 Å². The highest BCUT2D eigenvalue weighted by atomic mass is 16.2. The minimum atomic E-state index is -0.135. The van der Waals surface area contributed by atoms with Gasteiger partial charge >= 0.3 is 0 Å². The maximum atomic E-state index is 12.5. The molecule has 1 aliphatic heterocycles. The van der Waals surface area contributed by atoms with Crippen molar-refractivity contribution >= 4 is 5.91 Å². The summed E-state index contributed by atoms with van der Waals surface area (Å²) in [5, 5.41) is 3.08. The minimum absolute atomic E-state index is 0.0689. The van der Waals surface area contributed by atoms with Crippen LogP contribution in [0, 0.1) is 11.8 Å². The third-order valence-electron chi connectivity index (χ3n) is 4.79. The third kappa shape index (κ3) is 3.09. The van der Waals surface area contributed by atoms with Gasteiger partial charge in [0.2, 0.25) is 5.91 Å². The summed E-state index contributed by atoms with van der Waals surface area (Å²) in [6, 6.07) is 6.00. The zero-order chi connectivity index (χ0) is 14.8. The van der Waals surface area contributed by atoms with Gasteiger partial charge in [0.25, 0.3) is 0 Å². The van der Waals surface area contributed by atoms with E-state index in [0.717, 1.165) is 18.5 Å². The summed E-state index contributed by atoms with van der Waals surface area (Å²) in [5.41, 5.74) is 7.38. The van der Waals surface area contributed by atoms with Crippen LogP contribution in [0.3, 0.4) is 0 Å². The molecule has 2 heterocycles. The molecule has 5 heteroatoms. The summed E-state index contributed by atoms with van der Waals surface area (Å²) >= 11 is 0. The molecule has 114 valence electrons. The molecule has 21 heavy (non-hydrogen) atoms. The van der Waals surface area contributed by atoms with E-state index >= 15 is 0 Å². The number of hydrogen-bond donors (Lipinski definition) is 3. The van der Waals surface area contributed by atoms with Gasteiger partial charge in [0.05, 0.1) is 11.7 Å². The number of hydrazine groups is 1. The standard InChI is InChI=1S/C16H24N4O/c1-10-6-7-14-12(9-10)15(20-19-14)16(21)18-11(2)13-5-3-4-8-17-13/h3-5,8,10-12,14-15,19-20H,6-7,9H2,1-2H3,(H,18,21). The van der Waals surface area contributed by atoms with Crippen LogP contribution in [-0.4, -0.2) is 23.0 Å². The molecule has 1 amide bonds. The molecule has 5 unspecified atom stereocenters. The summed E-state index contributed by atoms with van der Waals surface area (Å²) in [6.07, 6.45) is 5.26. The van der Waals surface area contributed by atoms with Crippen LogP contribution in [0.2, 0.25) is 0 Å². The molecule has 5 nitrogen and oxygen atoms in total. The van der Waals surface area contributed by atoms with Crippen LogP contribution in [0.4, 0.5) is 0 Å². The van der Waals surface area contributed by atoms with Crippen LogP contribution in [0.5, 0.6) is 0 Å². The lowest BCUT2D eigenvalue weighted by Crippen LogP contribution is -2.46. The first-order valence-electron chi connectivity index (χ1n) is 7.87. The smallest absolute Gasteiger partial charge is 0.239 e. The van der Waals surface area contributed by atoms with E-state index in [-0.39, 0.29) is 18.0 Å². The fraction of sp³-hybridized carbons (Fsp3) is 0.625. The van der Waals surface area contributed by atoms with Gasteiger partial charge in [-0.25, -0.2) is 5.43 Å². The molecule has 2 aliphatic rings. The van der Waals surface area contributed by atoms with Gasteiger partial charge in [-0.1, -0.05) is 13.0 Å². The van der Waals surface area contributed by atoms with Crippen molar-refractivity contribution in [3.63, 3.8) is 0 Å². The van der Waals surface area contributed by atoms with Crippen molar-refractivity contribution < 1.29 is 4.79 Å². The zero-order valence-corrected chi connectivity index (χ0v) is 12.7. The van der Waals surface area contributed by atoms with Gasteiger partial charge in [-0.2, -0.15) is 0 Å². The number of amides is 1. The second kappa shape index (κ2) is 6.12. The summed E-state index contributed by atoms with van der Waals surface area (Å²) < 4.78 is 0. The predicted molar refractivity (Wildman–Crippen MR) is 81.1 cm³/mol. The highest BCUT2D eigenvalue weighted by molar-refractivity contribution is 5.82. The van der Waals surface area contributed by atoms with Crippen LogP contribution in [0.1, 0.15) is 44.8 Å². The first-order valence-corrected chi connectivity index (χ1v) is 7.87. The Balaban J connectivity index is 1.63. The number of rotatable bonds is 3. The molecule has 3 N–H and O–H groups in total. The van der Waals surface area contributed by atoms with E-state index in [2.05, 4.69) is 28.1 Å². The molecule has 0 aromatic carbocycles. The average molecular weight is 288 g/mol. The van der Waals surface area contributed by atoms with Crippen LogP contribution >= 0.6 is 0 Å². The lowest BCUT2D eigenvalue weighted by Gasteiger charge is -2.31. The van der Waals surface area contributed by atoms with Gasteiger partial charge in [0.1, 0.15) is 6.04 Å². The Kier molecular flexibility index (Phi) is 4.22. The number of nitrogens with one attached hydrogen (secondary N) is 3. The van der Waals surface area contributed by atoms with E-state index in [1.165, 1.54) is 6.42 Å². The SMILES string of the molecule is CC1CCC2NNC(C(=O)NC(C)c3ccccn3)C2C1. The van der Waals surface area contributed by atoms with E-state index < -0.39 is 0 Å². The number of aromatic nitrogens is 1. The molecule has 1 aromatic rings. The summed E-state index contributed by atoms with van der Waals surface area (Å²) in [4.78, 5) is 16.9. The molecular weight excluding hydrogens is 264 g/mol. The van der Waals surface area contributed by atoms with E-state index in [1.54, 1.807) is 6.20 Å². The lowest BCUT2D eigenvalue weighted by atomic mass is 9.76. The molecule has 5 atom stereocenters. The molecule has 1 saturated carbocycles. The first-order chi connectivity index (χ1) is 10.1. The topological polar surface area (TPSA) is 66.0 Å². The Morgan fingerprint density at radius 1 is 1.38 bits per heavy atom. The maximum absolute atomic E-state index is 12.5. The van der Waals surface area contributed by atoms with Crippen LogP contribution in [0.25, 0.3) is 0 Å². The monoisotopic (exact) mass is 288 g/mol. The fourth-order valence-electron chi connectivity index (χ4n) is 3.55. The minimum Gasteiger partial charge on any atom is -0.347 e. The number of pyridine rings is 1. The number of hydrogen-bond acceptors (Lipinski definition) is 4. The number of fused-ring (bicyclic) bond motifs is 1. The number of nitrogens with zero attached hydrogens (tertiary/aromatic N) is 1. The Morgan fingerprint density at radius 3 is 3.00 bits per heavy atom. The highest BCUT2D eigenvalue weighted by Gasteiger charge is 2.42. The van der Waals surface area contributed by atoms with Crippen molar-refractivity contribution in [2.24, 2.45) is 11.8 Å². The van der Waals surface area contributed by atoms with E-state index in [9.17, 15) is 4.79 Å². The van der Waals surface area contributed by atoms with Crippen LogP contribution in [-0.2, 0) is 4.79 Å². The average Bonchev–Trinajstić information content (AvgIpc) is 2.91. The summed E-state index contributed by atoms with van der Waals surface area (Å²) in [5.74, 6) is 1.17. The molecular formula is C16H24N4O. The quantitative estimate of drug-likeness (QED) is 0.789. The zero-order valence-electron chi connectivity index (χ0n) is 12.7. The molecule has 0 spiro atoms. The molecule has 1 saturated heterocycles. The second-order valence-corrected chi connectivity index (χ2v) is 6.44. The molecule has 0 radical (unpaired) electrons. The Hall–Kier alpha value is -1.46.